The van der Waals surface area contributed by atoms with Crippen LogP contribution in [0.2, 0.25) is 5.02 Å². The second-order valence-corrected chi connectivity index (χ2v) is 10.2. The number of nitrogens with one attached hydrogen (secondary N) is 1. The Labute approximate surface area is 202 Å². The lowest BCUT2D eigenvalue weighted by Gasteiger charge is -2.33. The van der Waals surface area contributed by atoms with E-state index in [-0.39, 0.29) is 11.9 Å². The number of benzene rings is 3. The first-order valence-electron chi connectivity index (χ1n) is 10.9. The highest BCUT2D eigenvalue weighted by Crippen LogP contribution is 2.55. The van der Waals surface area contributed by atoms with E-state index in [1.54, 1.807) is 15.9 Å². The van der Waals surface area contributed by atoms with Gasteiger partial charge in [0.15, 0.2) is 4.87 Å². The van der Waals surface area contributed by atoms with Crippen LogP contribution in [0.25, 0.3) is 0 Å². The number of anilines is 2. The van der Waals surface area contributed by atoms with E-state index < -0.39 is 4.87 Å². The number of nitrogens with zero attached hydrogens (tertiary/aromatic N) is 2. The average Bonchev–Trinajstić information content (AvgIpc) is 3.33. The SMILES string of the molecule is Cc1ccc(NC(=O)N2CCSC23C(=O)N(Cc2cccc(C)c2)c2ccc(Cl)cc23)cc1. The van der Waals surface area contributed by atoms with Crippen molar-refractivity contribution in [2.24, 2.45) is 0 Å². The van der Waals surface area contributed by atoms with E-state index in [9.17, 15) is 9.59 Å². The Hall–Kier alpha value is -2.96. The fourth-order valence-corrected chi connectivity index (χ4v) is 6.19. The topological polar surface area (TPSA) is 52.7 Å². The molecule has 3 aromatic carbocycles. The predicted molar refractivity (Wildman–Crippen MR) is 135 cm³/mol. The van der Waals surface area contributed by atoms with E-state index in [1.807, 2.05) is 68.4 Å². The molecule has 1 atom stereocenters. The summed E-state index contributed by atoms with van der Waals surface area (Å²) in [5.41, 5.74) is 5.57. The van der Waals surface area contributed by atoms with Gasteiger partial charge in [-0.1, -0.05) is 59.1 Å². The zero-order valence-corrected chi connectivity index (χ0v) is 20.0. The van der Waals surface area contributed by atoms with E-state index in [0.29, 0.717) is 29.6 Å². The number of thioether (sulfide) groups is 1. The number of hydrogen-bond donors (Lipinski definition) is 1. The number of rotatable bonds is 3. The normalized spacial score (nSPS) is 19.3. The minimum Gasteiger partial charge on any atom is -0.308 e. The van der Waals surface area contributed by atoms with Gasteiger partial charge >= 0.3 is 6.03 Å². The molecule has 0 radical (unpaired) electrons. The van der Waals surface area contributed by atoms with E-state index in [4.69, 9.17) is 11.6 Å². The molecule has 1 fully saturated rings. The van der Waals surface area contributed by atoms with Gasteiger partial charge in [0.2, 0.25) is 0 Å². The number of aryl methyl sites for hydroxylation is 2. The summed E-state index contributed by atoms with van der Waals surface area (Å²) in [7, 11) is 0. The van der Waals surface area contributed by atoms with Crippen LogP contribution in [0.1, 0.15) is 22.3 Å². The maximum atomic E-state index is 14.0. The fraction of sp³-hybridized carbons (Fsp3) is 0.231. The number of carbonyl (C=O) groups excluding carboxylic acids is 2. The van der Waals surface area contributed by atoms with Gasteiger partial charge in [-0.2, -0.15) is 0 Å². The summed E-state index contributed by atoms with van der Waals surface area (Å²) in [6.07, 6.45) is 0. The van der Waals surface area contributed by atoms with Crippen LogP contribution in [0, 0.1) is 13.8 Å². The molecule has 168 valence electrons. The summed E-state index contributed by atoms with van der Waals surface area (Å²) in [6, 6.07) is 21.0. The van der Waals surface area contributed by atoms with Crippen LogP contribution in [0.4, 0.5) is 16.2 Å². The van der Waals surface area contributed by atoms with Crippen LogP contribution >= 0.6 is 23.4 Å². The van der Waals surface area contributed by atoms with Crippen molar-refractivity contribution in [2.45, 2.75) is 25.3 Å². The average molecular weight is 478 g/mol. The summed E-state index contributed by atoms with van der Waals surface area (Å²) >= 11 is 7.87. The van der Waals surface area contributed by atoms with E-state index in [2.05, 4.69) is 11.4 Å². The highest BCUT2D eigenvalue weighted by molar-refractivity contribution is 8.01. The Morgan fingerprint density at radius 3 is 2.61 bits per heavy atom. The molecule has 2 aliphatic heterocycles. The smallest absolute Gasteiger partial charge is 0.308 e. The van der Waals surface area contributed by atoms with Gasteiger partial charge in [-0.15, -0.1) is 11.8 Å². The Bertz CT molecular complexity index is 1250. The lowest BCUT2D eigenvalue weighted by atomic mass is 10.1. The van der Waals surface area contributed by atoms with Crippen molar-refractivity contribution in [2.75, 3.05) is 22.5 Å². The number of urea groups is 1. The van der Waals surface area contributed by atoms with E-state index in [1.165, 1.54) is 11.8 Å². The molecular weight excluding hydrogens is 454 g/mol. The predicted octanol–water partition coefficient (Wildman–Crippen LogP) is 5.94. The summed E-state index contributed by atoms with van der Waals surface area (Å²) in [5, 5.41) is 3.52. The summed E-state index contributed by atoms with van der Waals surface area (Å²) < 4.78 is 0. The van der Waals surface area contributed by atoms with Gasteiger partial charge in [0.1, 0.15) is 0 Å². The van der Waals surface area contributed by atoms with Crippen molar-refractivity contribution in [1.82, 2.24) is 4.90 Å². The highest BCUT2D eigenvalue weighted by atomic mass is 35.5. The fourth-order valence-electron chi connectivity index (χ4n) is 4.57. The van der Waals surface area contributed by atoms with Gasteiger partial charge in [-0.05, 0) is 49.7 Å². The zero-order valence-electron chi connectivity index (χ0n) is 18.5. The van der Waals surface area contributed by atoms with Crippen LogP contribution in [-0.2, 0) is 16.2 Å². The van der Waals surface area contributed by atoms with Crippen molar-refractivity contribution in [1.29, 1.82) is 0 Å². The van der Waals surface area contributed by atoms with Crippen LogP contribution in [-0.4, -0.2) is 29.1 Å². The lowest BCUT2D eigenvalue weighted by Crippen LogP contribution is -2.51. The Balaban J connectivity index is 1.53. The number of halogens is 1. The van der Waals surface area contributed by atoms with Crippen LogP contribution < -0.4 is 10.2 Å². The van der Waals surface area contributed by atoms with E-state index >= 15 is 0 Å². The highest BCUT2D eigenvalue weighted by Gasteiger charge is 2.59. The minimum atomic E-state index is -1.13. The molecule has 1 unspecified atom stereocenters. The third-order valence-electron chi connectivity index (χ3n) is 6.13. The second kappa shape index (κ2) is 8.43. The first kappa shape index (κ1) is 21.9. The van der Waals surface area contributed by atoms with Crippen molar-refractivity contribution in [3.8, 4) is 0 Å². The molecule has 3 amide bonds. The number of amides is 3. The molecule has 1 spiro atoms. The monoisotopic (exact) mass is 477 g/mol. The maximum absolute atomic E-state index is 14.0. The number of fused-ring (bicyclic) bond motifs is 2. The third kappa shape index (κ3) is 3.77. The van der Waals surface area contributed by atoms with Gasteiger partial charge in [-0.25, -0.2) is 4.79 Å². The van der Waals surface area contributed by atoms with Crippen LogP contribution in [0.3, 0.4) is 0 Å². The third-order valence-corrected chi connectivity index (χ3v) is 7.78. The Kier molecular flexibility index (Phi) is 5.59. The first-order chi connectivity index (χ1) is 15.9. The van der Waals surface area contributed by atoms with Crippen LogP contribution in [0.5, 0.6) is 0 Å². The first-order valence-corrected chi connectivity index (χ1v) is 12.2. The minimum absolute atomic E-state index is 0.108. The molecule has 0 aromatic heterocycles. The Morgan fingerprint density at radius 1 is 1.06 bits per heavy atom. The van der Waals surface area contributed by atoms with Crippen LogP contribution in [0.15, 0.2) is 66.7 Å². The standard InChI is InChI=1S/C26H24ClN3O2S/c1-17-6-9-21(10-7-17)28-25(32)30-12-13-33-26(30)22-15-20(27)8-11-23(22)29(24(26)31)16-19-5-3-4-18(2)14-19/h3-11,14-15H,12-13,16H2,1-2H3,(H,28,32). The van der Waals surface area contributed by atoms with Crippen molar-refractivity contribution < 1.29 is 9.59 Å². The molecule has 5 rings (SSSR count). The molecule has 2 aliphatic rings. The molecule has 7 heteroatoms. The molecule has 5 nitrogen and oxygen atoms in total. The van der Waals surface area contributed by atoms with Gasteiger partial charge in [0.25, 0.3) is 5.91 Å². The van der Waals surface area contributed by atoms with Gasteiger partial charge in [0.05, 0.1) is 12.2 Å². The molecule has 1 saturated heterocycles. The van der Waals surface area contributed by atoms with E-state index in [0.717, 1.165) is 27.9 Å². The van der Waals surface area contributed by atoms with Gasteiger partial charge < -0.3 is 10.2 Å². The largest absolute Gasteiger partial charge is 0.323 e. The molecule has 3 aromatic rings. The molecule has 0 bridgehead atoms. The summed E-state index contributed by atoms with van der Waals surface area (Å²) in [5.74, 6) is 0.555. The lowest BCUT2D eigenvalue weighted by molar-refractivity contribution is -0.123. The summed E-state index contributed by atoms with van der Waals surface area (Å²) in [6.45, 7) is 4.94. The second-order valence-electron chi connectivity index (χ2n) is 8.48. The van der Waals surface area contributed by atoms with Crippen molar-refractivity contribution in [3.05, 3.63) is 94.0 Å². The molecule has 1 N–H and O–H groups in total. The molecule has 2 heterocycles. The molecule has 0 saturated carbocycles. The number of hydrogen-bond acceptors (Lipinski definition) is 3. The zero-order chi connectivity index (χ0) is 23.2. The van der Waals surface area contributed by atoms with Crippen molar-refractivity contribution in [3.63, 3.8) is 0 Å². The number of carbonyl (C=O) groups is 2. The van der Waals surface area contributed by atoms with Crippen molar-refractivity contribution >= 4 is 46.7 Å². The Morgan fingerprint density at radius 2 is 1.85 bits per heavy atom. The molecule has 0 aliphatic carbocycles. The maximum Gasteiger partial charge on any atom is 0.323 e. The quantitative estimate of drug-likeness (QED) is 0.508. The van der Waals surface area contributed by atoms with Gasteiger partial charge in [0, 0.05) is 28.6 Å². The molecular formula is C26H24ClN3O2S. The van der Waals surface area contributed by atoms with Gasteiger partial charge in [-0.3, -0.25) is 9.69 Å². The summed E-state index contributed by atoms with van der Waals surface area (Å²) in [4.78, 5) is 29.8. The molecule has 33 heavy (non-hydrogen) atoms.